The van der Waals surface area contributed by atoms with Gasteiger partial charge in [0.15, 0.2) is 5.96 Å². The maximum atomic E-state index is 11.3. The summed E-state index contributed by atoms with van der Waals surface area (Å²) in [6, 6.07) is 4.98. The van der Waals surface area contributed by atoms with Crippen LogP contribution in [0.25, 0.3) is 0 Å². The van der Waals surface area contributed by atoms with Crippen molar-refractivity contribution in [1.29, 1.82) is 5.41 Å². The van der Waals surface area contributed by atoms with Crippen LogP contribution < -0.4 is 16.8 Å². The molecule has 0 fully saturated rings. The van der Waals surface area contributed by atoms with Crippen LogP contribution in [0.1, 0.15) is 5.56 Å². The molecule has 7 nitrogen and oxygen atoms in total. The summed E-state index contributed by atoms with van der Waals surface area (Å²) in [4.78, 5) is 21.0. The number of carbonyl (C=O) groups excluding carboxylic acids is 2. The van der Waals surface area contributed by atoms with Crippen molar-refractivity contribution < 1.29 is 14.3 Å². The third-order valence-corrected chi connectivity index (χ3v) is 2.72. The van der Waals surface area contributed by atoms with Crippen molar-refractivity contribution >= 4 is 41.2 Å². The Hall–Kier alpha value is -2.25. The Kier molecular flexibility index (Phi) is 9.40. The number of benzene rings is 1. The van der Waals surface area contributed by atoms with E-state index in [1.165, 1.54) is 6.08 Å². The summed E-state index contributed by atoms with van der Waals surface area (Å²) in [5.41, 5.74) is 10.1. The summed E-state index contributed by atoms with van der Waals surface area (Å²) in [5, 5.41) is 9.86. The largest absolute Gasteiger partial charge is 0.445 e. The maximum Gasteiger partial charge on any atom is 0.404 e. The summed E-state index contributed by atoms with van der Waals surface area (Å²) in [6.07, 6.45) is 0.683. The molecular weight excluding hydrogens is 331 g/mol. The topological polar surface area (TPSA) is 131 Å². The zero-order valence-corrected chi connectivity index (χ0v) is 13.1. The second-order valence-electron chi connectivity index (χ2n) is 3.76. The molecule has 0 aliphatic heterocycles. The Morgan fingerprint density at radius 2 is 1.86 bits per heavy atom. The molecule has 0 atom stereocenters. The van der Waals surface area contributed by atoms with Crippen molar-refractivity contribution in [3.05, 3.63) is 46.5 Å². The average Bonchev–Trinajstić information content (AvgIpc) is 2.40. The van der Waals surface area contributed by atoms with E-state index in [0.717, 1.165) is 0 Å². The van der Waals surface area contributed by atoms with Crippen molar-refractivity contribution in [1.82, 2.24) is 5.32 Å². The standard InChI is InChI=1S/C9H9Cl2N3O.C4H7NO2/c10-6-2-1-3-7(11)5(6)4-8(15)14-9(12)13;1-2-3-7-4(5)6/h1-3H,4H2,(H4,12,13,14,15);2H,1,3H2,(H2,5,6). The maximum absolute atomic E-state index is 11.3. The van der Waals surface area contributed by atoms with Gasteiger partial charge in [0.2, 0.25) is 5.91 Å². The summed E-state index contributed by atoms with van der Waals surface area (Å²) in [6.45, 7) is 3.49. The first-order valence-corrected chi connectivity index (χ1v) is 6.63. The molecule has 0 spiro atoms. The fourth-order valence-corrected chi connectivity index (χ4v) is 1.73. The predicted octanol–water partition coefficient (Wildman–Crippen LogP) is 1.81. The molecule has 1 aromatic rings. The molecule has 0 radical (unpaired) electrons. The van der Waals surface area contributed by atoms with E-state index in [2.05, 4.69) is 22.4 Å². The van der Waals surface area contributed by atoms with Crippen LogP contribution in [0.15, 0.2) is 30.9 Å². The smallest absolute Gasteiger partial charge is 0.404 e. The van der Waals surface area contributed by atoms with Gasteiger partial charge in [-0.25, -0.2) is 4.79 Å². The van der Waals surface area contributed by atoms with E-state index in [1.807, 2.05) is 0 Å². The Labute approximate surface area is 137 Å². The molecule has 2 amide bonds. The minimum absolute atomic E-state index is 0.00190. The van der Waals surface area contributed by atoms with Gasteiger partial charge in [-0.15, -0.1) is 0 Å². The number of ether oxygens (including phenoxy) is 1. The predicted molar refractivity (Wildman–Crippen MR) is 86.0 cm³/mol. The molecule has 1 aromatic carbocycles. The molecule has 22 heavy (non-hydrogen) atoms. The second-order valence-corrected chi connectivity index (χ2v) is 4.57. The van der Waals surface area contributed by atoms with Crippen LogP contribution in [0.5, 0.6) is 0 Å². The molecule has 0 aromatic heterocycles. The van der Waals surface area contributed by atoms with Crippen LogP contribution in [-0.4, -0.2) is 24.6 Å². The molecule has 1 rings (SSSR count). The van der Waals surface area contributed by atoms with Crippen LogP contribution >= 0.6 is 23.2 Å². The zero-order valence-electron chi connectivity index (χ0n) is 11.6. The lowest BCUT2D eigenvalue weighted by molar-refractivity contribution is -0.119. The van der Waals surface area contributed by atoms with E-state index in [-0.39, 0.29) is 13.0 Å². The van der Waals surface area contributed by atoms with Gasteiger partial charge in [0.05, 0.1) is 6.42 Å². The molecule has 0 heterocycles. The van der Waals surface area contributed by atoms with Gasteiger partial charge in [0.1, 0.15) is 6.61 Å². The summed E-state index contributed by atoms with van der Waals surface area (Å²) < 4.78 is 4.21. The van der Waals surface area contributed by atoms with Crippen LogP contribution in [-0.2, 0) is 16.0 Å². The SMILES string of the molecule is C=CCOC(N)=O.N=C(N)NC(=O)Cc1c(Cl)cccc1Cl. The summed E-state index contributed by atoms with van der Waals surface area (Å²) in [5.74, 6) is -0.819. The number of hydrogen-bond acceptors (Lipinski definition) is 4. The van der Waals surface area contributed by atoms with E-state index in [1.54, 1.807) is 18.2 Å². The lowest BCUT2D eigenvalue weighted by atomic mass is 10.1. The minimum Gasteiger partial charge on any atom is -0.445 e. The molecule has 0 saturated carbocycles. The van der Waals surface area contributed by atoms with E-state index in [9.17, 15) is 9.59 Å². The number of hydrogen-bond donors (Lipinski definition) is 4. The summed E-state index contributed by atoms with van der Waals surface area (Å²) in [7, 11) is 0. The number of amides is 2. The third kappa shape index (κ3) is 8.83. The van der Waals surface area contributed by atoms with Gasteiger partial charge in [-0.3, -0.25) is 15.5 Å². The molecule has 0 unspecified atom stereocenters. The monoisotopic (exact) mass is 346 g/mol. The van der Waals surface area contributed by atoms with Crippen molar-refractivity contribution in [3.63, 3.8) is 0 Å². The average molecular weight is 347 g/mol. The highest BCUT2D eigenvalue weighted by Crippen LogP contribution is 2.24. The zero-order chi connectivity index (χ0) is 17.1. The Bertz CT molecular complexity index is 544. The molecule has 6 N–H and O–H groups in total. The number of rotatable bonds is 4. The molecular formula is C13H16Cl2N4O3. The van der Waals surface area contributed by atoms with E-state index in [4.69, 9.17) is 34.3 Å². The fraction of sp³-hybridized carbons (Fsp3) is 0.154. The number of nitrogens with one attached hydrogen (secondary N) is 2. The van der Waals surface area contributed by atoms with Crippen molar-refractivity contribution in [3.8, 4) is 0 Å². The first-order valence-electron chi connectivity index (χ1n) is 5.87. The van der Waals surface area contributed by atoms with Gasteiger partial charge in [-0.2, -0.15) is 0 Å². The molecule has 0 aliphatic rings. The van der Waals surface area contributed by atoms with Gasteiger partial charge >= 0.3 is 6.09 Å². The molecule has 120 valence electrons. The van der Waals surface area contributed by atoms with Crippen molar-refractivity contribution in [2.45, 2.75) is 6.42 Å². The van der Waals surface area contributed by atoms with Crippen LogP contribution in [0.3, 0.4) is 0 Å². The Morgan fingerprint density at radius 3 is 2.23 bits per heavy atom. The number of primary amides is 1. The van der Waals surface area contributed by atoms with E-state index >= 15 is 0 Å². The highest BCUT2D eigenvalue weighted by molar-refractivity contribution is 6.36. The summed E-state index contributed by atoms with van der Waals surface area (Å²) >= 11 is 11.7. The number of halogens is 2. The van der Waals surface area contributed by atoms with Crippen molar-refractivity contribution in [2.24, 2.45) is 11.5 Å². The highest BCUT2D eigenvalue weighted by Gasteiger charge is 2.10. The Balaban J connectivity index is 0.000000534. The number of carbonyl (C=O) groups is 2. The fourth-order valence-electron chi connectivity index (χ4n) is 1.20. The molecule has 0 aliphatic carbocycles. The van der Waals surface area contributed by atoms with E-state index in [0.29, 0.717) is 15.6 Å². The van der Waals surface area contributed by atoms with E-state index < -0.39 is 18.0 Å². The normalized spacial score (nSPS) is 9.00. The second kappa shape index (κ2) is 10.5. The molecule has 0 bridgehead atoms. The van der Waals surface area contributed by atoms with Crippen LogP contribution in [0.2, 0.25) is 10.0 Å². The Morgan fingerprint density at radius 1 is 1.32 bits per heavy atom. The first-order chi connectivity index (χ1) is 10.3. The van der Waals surface area contributed by atoms with Gasteiger partial charge in [0, 0.05) is 10.0 Å². The minimum atomic E-state index is -0.764. The molecule has 0 saturated heterocycles. The van der Waals surface area contributed by atoms with Gasteiger partial charge in [-0.05, 0) is 17.7 Å². The van der Waals surface area contributed by atoms with Gasteiger partial charge in [0.25, 0.3) is 0 Å². The van der Waals surface area contributed by atoms with Crippen LogP contribution in [0, 0.1) is 5.41 Å². The van der Waals surface area contributed by atoms with Gasteiger partial charge in [-0.1, -0.05) is 41.9 Å². The highest BCUT2D eigenvalue weighted by atomic mass is 35.5. The first kappa shape index (κ1) is 19.8. The quantitative estimate of drug-likeness (QED) is 0.376. The third-order valence-electron chi connectivity index (χ3n) is 2.02. The van der Waals surface area contributed by atoms with Crippen molar-refractivity contribution in [2.75, 3.05) is 6.61 Å². The lowest BCUT2D eigenvalue weighted by Crippen LogP contribution is -2.36. The van der Waals surface area contributed by atoms with Gasteiger partial charge < -0.3 is 16.2 Å². The van der Waals surface area contributed by atoms with Crippen LogP contribution in [0.4, 0.5) is 4.79 Å². The lowest BCUT2D eigenvalue weighted by Gasteiger charge is -2.06. The number of guanidine groups is 1. The number of nitrogens with two attached hydrogens (primary N) is 2. The molecule has 9 heteroatoms.